The molecule has 0 N–H and O–H groups in total. The Kier molecular flexibility index (Phi) is 2.45. The van der Waals surface area contributed by atoms with Crippen molar-refractivity contribution in [2.45, 2.75) is 39.3 Å². The minimum absolute atomic E-state index is 0.144. The van der Waals surface area contributed by atoms with Crippen LogP contribution in [0.4, 0.5) is 0 Å². The molecule has 3 nitrogen and oxygen atoms in total. The summed E-state index contributed by atoms with van der Waals surface area (Å²) < 4.78 is 5.22. The second-order valence-electron chi connectivity index (χ2n) is 2.00. The minimum atomic E-state index is -0.144. The average Bonchev–Trinajstić information content (AvgIpc) is 2.34. The largest absolute Gasteiger partial charge is 0.318 e. The van der Waals surface area contributed by atoms with Gasteiger partial charge >= 0.3 is 0 Å². The normalized spacial score (nSPS) is 35.3. The van der Waals surface area contributed by atoms with Crippen LogP contribution in [0.5, 0.6) is 0 Å². The Morgan fingerprint density at radius 3 is 1.67 bits per heavy atom. The zero-order valence-electron chi connectivity index (χ0n) is 5.79. The molecule has 0 aliphatic carbocycles. The van der Waals surface area contributed by atoms with Crippen LogP contribution in [0.2, 0.25) is 0 Å². The molecule has 1 saturated heterocycles. The first-order valence-electron chi connectivity index (χ1n) is 3.34. The number of ether oxygens (including phenoxy) is 1. The summed E-state index contributed by atoms with van der Waals surface area (Å²) in [5.41, 5.74) is 0. The summed E-state index contributed by atoms with van der Waals surface area (Å²) in [5, 5.41) is 0. The first kappa shape index (κ1) is 6.99. The van der Waals surface area contributed by atoms with E-state index in [0.29, 0.717) is 0 Å². The van der Waals surface area contributed by atoms with E-state index in [2.05, 4.69) is 0 Å². The summed E-state index contributed by atoms with van der Waals surface area (Å²) in [7, 11) is 0. The Labute approximate surface area is 54.8 Å². The highest BCUT2D eigenvalue weighted by atomic mass is 17.3. The lowest BCUT2D eigenvalue weighted by molar-refractivity contribution is -0.296. The number of hydrogen-bond acceptors (Lipinski definition) is 3. The van der Waals surface area contributed by atoms with Crippen molar-refractivity contribution in [1.82, 2.24) is 0 Å². The highest BCUT2D eigenvalue weighted by Gasteiger charge is 2.24. The monoisotopic (exact) mass is 132 g/mol. The van der Waals surface area contributed by atoms with Crippen molar-refractivity contribution in [2.24, 2.45) is 0 Å². The van der Waals surface area contributed by atoms with E-state index in [4.69, 9.17) is 14.5 Å². The maximum atomic E-state index is 5.22. The van der Waals surface area contributed by atoms with Crippen LogP contribution in [0, 0.1) is 0 Å². The third-order valence-electron chi connectivity index (χ3n) is 1.24. The zero-order chi connectivity index (χ0) is 6.69. The lowest BCUT2D eigenvalue weighted by Gasteiger charge is -2.01. The fraction of sp³-hybridized carbons (Fsp3) is 1.00. The SMILES string of the molecule is CCC1OOC(CC)O1. The molecule has 2 atom stereocenters. The van der Waals surface area contributed by atoms with E-state index in [1.54, 1.807) is 0 Å². The van der Waals surface area contributed by atoms with Gasteiger partial charge in [0.25, 0.3) is 0 Å². The fourth-order valence-corrected chi connectivity index (χ4v) is 0.667. The van der Waals surface area contributed by atoms with Crippen LogP contribution in [0.1, 0.15) is 26.7 Å². The molecule has 1 rings (SSSR count). The Morgan fingerprint density at radius 2 is 1.44 bits per heavy atom. The summed E-state index contributed by atoms with van der Waals surface area (Å²) in [6.45, 7) is 3.98. The van der Waals surface area contributed by atoms with Gasteiger partial charge in [0.1, 0.15) is 0 Å². The van der Waals surface area contributed by atoms with Crippen molar-refractivity contribution in [3.05, 3.63) is 0 Å². The van der Waals surface area contributed by atoms with Gasteiger partial charge in [0.05, 0.1) is 0 Å². The maximum absolute atomic E-state index is 5.22. The van der Waals surface area contributed by atoms with E-state index >= 15 is 0 Å². The van der Waals surface area contributed by atoms with Crippen LogP contribution in [-0.2, 0) is 14.5 Å². The van der Waals surface area contributed by atoms with Crippen molar-refractivity contribution >= 4 is 0 Å². The highest BCUT2D eigenvalue weighted by Crippen LogP contribution is 2.17. The number of rotatable bonds is 2. The Bertz CT molecular complexity index is 74.4. The lowest BCUT2D eigenvalue weighted by Crippen LogP contribution is -2.09. The quantitative estimate of drug-likeness (QED) is 0.532. The summed E-state index contributed by atoms with van der Waals surface area (Å²) in [6, 6.07) is 0. The smallest absolute Gasteiger partial charge is 0.194 e. The van der Waals surface area contributed by atoms with Crippen molar-refractivity contribution in [2.75, 3.05) is 0 Å². The molecule has 0 spiro atoms. The van der Waals surface area contributed by atoms with E-state index in [9.17, 15) is 0 Å². The van der Waals surface area contributed by atoms with Crippen molar-refractivity contribution < 1.29 is 14.5 Å². The first-order valence-corrected chi connectivity index (χ1v) is 3.34. The fourth-order valence-electron chi connectivity index (χ4n) is 0.667. The van der Waals surface area contributed by atoms with Gasteiger partial charge in [0.15, 0.2) is 12.6 Å². The summed E-state index contributed by atoms with van der Waals surface area (Å²) in [5.74, 6) is 0. The topological polar surface area (TPSA) is 27.7 Å². The van der Waals surface area contributed by atoms with Gasteiger partial charge in [-0.25, -0.2) is 9.78 Å². The molecule has 0 aromatic heterocycles. The van der Waals surface area contributed by atoms with Crippen molar-refractivity contribution in [3.63, 3.8) is 0 Å². The van der Waals surface area contributed by atoms with E-state index in [0.717, 1.165) is 12.8 Å². The maximum Gasteiger partial charge on any atom is 0.194 e. The summed E-state index contributed by atoms with van der Waals surface area (Å²) >= 11 is 0. The standard InChI is InChI=1S/C6H12O3/c1-3-5-7-6(4-2)9-8-5/h5-6H,3-4H2,1-2H3. The van der Waals surface area contributed by atoms with E-state index in [-0.39, 0.29) is 12.6 Å². The molecule has 1 aliphatic rings. The van der Waals surface area contributed by atoms with Crippen LogP contribution < -0.4 is 0 Å². The van der Waals surface area contributed by atoms with Crippen LogP contribution in [0.3, 0.4) is 0 Å². The molecule has 3 heteroatoms. The van der Waals surface area contributed by atoms with Gasteiger partial charge in [-0.3, -0.25) is 0 Å². The Morgan fingerprint density at radius 1 is 1.00 bits per heavy atom. The molecule has 1 heterocycles. The lowest BCUT2D eigenvalue weighted by atomic mass is 10.4. The molecule has 0 radical (unpaired) electrons. The first-order chi connectivity index (χ1) is 4.36. The molecule has 0 amide bonds. The van der Waals surface area contributed by atoms with Crippen LogP contribution in [0.15, 0.2) is 0 Å². The van der Waals surface area contributed by atoms with Crippen LogP contribution in [-0.4, -0.2) is 12.6 Å². The molecule has 0 bridgehead atoms. The average molecular weight is 132 g/mol. The van der Waals surface area contributed by atoms with Crippen LogP contribution >= 0.6 is 0 Å². The van der Waals surface area contributed by atoms with Gasteiger partial charge in [-0.15, -0.1) is 0 Å². The predicted octanol–water partition coefficient (Wildman–Crippen LogP) is 1.44. The molecule has 9 heavy (non-hydrogen) atoms. The van der Waals surface area contributed by atoms with Crippen molar-refractivity contribution in [1.29, 1.82) is 0 Å². The Balaban J connectivity index is 2.20. The van der Waals surface area contributed by atoms with E-state index in [1.165, 1.54) is 0 Å². The van der Waals surface area contributed by atoms with Gasteiger partial charge in [0, 0.05) is 0 Å². The molecular weight excluding hydrogens is 120 g/mol. The Hall–Kier alpha value is -0.120. The van der Waals surface area contributed by atoms with Gasteiger partial charge in [-0.1, -0.05) is 13.8 Å². The van der Waals surface area contributed by atoms with Gasteiger partial charge < -0.3 is 4.74 Å². The predicted molar refractivity (Wildman–Crippen MR) is 31.4 cm³/mol. The molecule has 0 saturated carbocycles. The third-order valence-corrected chi connectivity index (χ3v) is 1.24. The third kappa shape index (κ3) is 1.64. The van der Waals surface area contributed by atoms with Crippen LogP contribution in [0.25, 0.3) is 0 Å². The van der Waals surface area contributed by atoms with Crippen molar-refractivity contribution in [3.8, 4) is 0 Å². The molecule has 2 unspecified atom stereocenters. The summed E-state index contributed by atoms with van der Waals surface area (Å²) in [4.78, 5) is 9.57. The number of hydrogen-bond donors (Lipinski definition) is 0. The van der Waals surface area contributed by atoms with Gasteiger partial charge in [-0.05, 0) is 12.8 Å². The van der Waals surface area contributed by atoms with E-state index < -0.39 is 0 Å². The highest BCUT2D eigenvalue weighted by molar-refractivity contribution is 4.45. The second kappa shape index (κ2) is 3.15. The van der Waals surface area contributed by atoms with Gasteiger partial charge in [0.2, 0.25) is 0 Å². The molecular formula is C6H12O3. The molecule has 1 aliphatic heterocycles. The molecule has 54 valence electrons. The van der Waals surface area contributed by atoms with E-state index in [1.807, 2.05) is 13.8 Å². The molecule has 0 aromatic rings. The minimum Gasteiger partial charge on any atom is -0.318 e. The summed E-state index contributed by atoms with van der Waals surface area (Å²) in [6.07, 6.45) is 1.40. The molecule has 1 fully saturated rings. The molecule has 0 aromatic carbocycles. The zero-order valence-corrected chi connectivity index (χ0v) is 5.79. The van der Waals surface area contributed by atoms with Gasteiger partial charge in [-0.2, -0.15) is 0 Å². The second-order valence-corrected chi connectivity index (χ2v) is 2.00.